The maximum Gasteiger partial charge on any atom is 0.315 e. The van der Waals surface area contributed by atoms with Crippen LogP contribution in [0.5, 0.6) is 0 Å². The van der Waals surface area contributed by atoms with E-state index in [9.17, 15) is 19.5 Å². The minimum atomic E-state index is -0.905. The summed E-state index contributed by atoms with van der Waals surface area (Å²) >= 11 is 0. The normalized spacial score (nSPS) is 25.7. The Morgan fingerprint density at radius 1 is 1.37 bits per heavy atom. The summed E-state index contributed by atoms with van der Waals surface area (Å²) in [5.41, 5.74) is -0.905. The van der Waals surface area contributed by atoms with Crippen LogP contribution in [0.25, 0.3) is 0 Å². The molecule has 1 rings (SSSR count). The fourth-order valence-corrected chi connectivity index (χ4v) is 2.28. The van der Waals surface area contributed by atoms with Crippen molar-refractivity contribution in [1.29, 1.82) is 0 Å². The van der Waals surface area contributed by atoms with Gasteiger partial charge in [0.2, 0.25) is 5.91 Å². The fourth-order valence-electron chi connectivity index (χ4n) is 2.28. The SMILES string of the molecule is CNC(=O)CCNC(=O)NC1CCCC1(C)C(=O)O. The highest BCUT2D eigenvalue weighted by molar-refractivity contribution is 5.80. The first-order valence-electron chi connectivity index (χ1n) is 6.38. The Morgan fingerprint density at radius 3 is 2.63 bits per heavy atom. The average molecular weight is 271 g/mol. The third-order valence-electron chi connectivity index (χ3n) is 3.67. The molecule has 7 nitrogen and oxygen atoms in total. The van der Waals surface area contributed by atoms with Crippen molar-refractivity contribution in [1.82, 2.24) is 16.0 Å². The van der Waals surface area contributed by atoms with Crippen LogP contribution in [-0.4, -0.2) is 42.6 Å². The first-order chi connectivity index (χ1) is 8.90. The number of aliphatic carboxylic acids is 1. The number of nitrogens with one attached hydrogen (secondary N) is 3. The Morgan fingerprint density at radius 2 is 2.05 bits per heavy atom. The van der Waals surface area contributed by atoms with E-state index in [1.54, 1.807) is 6.92 Å². The second-order valence-corrected chi connectivity index (χ2v) is 4.99. The van der Waals surface area contributed by atoms with Gasteiger partial charge in [-0.3, -0.25) is 9.59 Å². The van der Waals surface area contributed by atoms with Gasteiger partial charge in [0.25, 0.3) is 0 Å². The van der Waals surface area contributed by atoms with Crippen molar-refractivity contribution in [2.75, 3.05) is 13.6 Å². The van der Waals surface area contributed by atoms with Crippen LogP contribution in [0.1, 0.15) is 32.6 Å². The molecule has 0 aromatic carbocycles. The van der Waals surface area contributed by atoms with Crippen LogP contribution in [0.15, 0.2) is 0 Å². The Balaban J connectivity index is 2.40. The number of urea groups is 1. The first kappa shape index (κ1) is 15.3. The van der Waals surface area contributed by atoms with Crippen molar-refractivity contribution in [3.8, 4) is 0 Å². The monoisotopic (exact) mass is 271 g/mol. The molecule has 108 valence electrons. The van der Waals surface area contributed by atoms with E-state index in [0.29, 0.717) is 12.8 Å². The zero-order valence-corrected chi connectivity index (χ0v) is 11.3. The van der Waals surface area contributed by atoms with Gasteiger partial charge in [0.1, 0.15) is 0 Å². The lowest BCUT2D eigenvalue weighted by atomic mass is 9.85. The van der Waals surface area contributed by atoms with Crippen molar-refractivity contribution >= 4 is 17.9 Å². The Kier molecular flexibility index (Phi) is 5.14. The molecule has 1 saturated carbocycles. The van der Waals surface area contributed by atoms with Gasteiger partial charge in [-0.25, -0.2) is 4.79 Å². The summed E-state index contributed by atoms with van der Waals surface area (Å²) in [4.78, 5) is 33.8. The number of rotatable bonds is 5. The van der Waals surface area contributed by atoms with Gasteiger partial charge < -0.3 is 21.1 Å². The molecule has 0 radical (unpaired) electrons. The van der Waals surface area contributed by atoms with Gasteiger partial charge in [0.15, 0.2) is 0 Å². The minimum absolute atomic E-state index is 0.156. The number of carboxylic acids is 1. The summed E-state index contributed by atoms with van der Waals surface area (Å²) < 4.78 is 0. The highest BCUT2D eigenvalue weighted by Crippen LogP contribution is 2.38. The van der Waals surface area contributed by atoms with Crippen LogP contribution < -0.4 is 16.0 Å². The molecule has 0 heterocycles. The van der Waals surface area contributed by atoms with Gasteiger partial charge in [0, 0.05) is 26.1 Å². The summed E-state index contributed by atoms with van der Waals surface area (Å²) in [5.74, 6) is -1.04. The van der Waals surface area contributed by atoms with Crippen LogP contribution in [0.2, 0.25) is 0 Å². The Bertz CT molecular complexity index is 372. The largest absolute Gasteiger partial charge is 0.481 e. The summed E-state index contributed by atoms with van der Waals surface area (Å²) in [6.45, 7) is 1.87. The van der Waals surface area contributed by atoms with Gasteiger partial charge in [-0.2, -0.15) is 0 Å². The smallest absolute Gasteiger partial charge is 0.315 e. The summed E-state index contributed by atoms with van der Waals surface area (Å²) in [7, 11) is 1.53. The van der Waals surface area contributed by atoms with E-state index < -0.39 is 17.4 Å². The van der Waals surface area contributed by atoms with E-state index in [1.165, 1.54) is 7.05 Å². The molecule has 4 N–H and O–H groups in total. The second kappa shape index (κ2) is 6.40. The van der Waals surface area contributed by atoms with Crippen molar-refractivity contribution in [2.24, 2.45) is 5.41 Å². The summed E-state index contributed by atoms with van der Waals surface area (Å²) in [6, 6.07) is -0.798. The molecule has 1 aliphatic rings. The molecular weight excluding hydrogens is 250 g/mol. The van der Waals surface area contributed by atoms with E-state index in [4.69, 9.17) is 0 Å². The molecule has 2 atom stereocenters. The third kappa shape index (κ3) is 3.84. The quantitative estimate of drug-likeness (QED) is 0.567. The lowest BCUT2D eigenvalue weighted by Gasteiger charge is -2.27. The second-order valence-electron chi connectivity index (χ2n) is 4.99. The first-order valence-corrected chi connectivity index (χ1v) is 6.38. The molecule has 19 heavy (non-hydrogen) atoms. The van der Waals surface area contributed by atoms with E-state index >= 15 is 0 Å². The van der Waals surface area contributed by atoms with Crippen LogP contribution in [0.3, 0.4) is 0 Å². The van der Waals surface area contributed by atoms with Crippen LogP contribution >= 0.6 is 0 Å². The summed E-state index contributed by atoms with van der Waals surface area (Å²) in [6.07, 6.45) is 2.20. The van der Waals surface area contributed by atoms with E-state index in [1.807, 2.05) is 0 Å². The van der Waals surface area contributed by atoms with Crippen molar-refractivity contribution < 1.29 is 19.5 Å². The number of hydrogen-bond acceptors (Lipinski definition) is 3. The van der Waals surface area contributed by atoms with Gasteiger partial charge >= 0.3 is 12.0 Å². The molecule has 1 aliphatic carbocycles. The maximum absolute atomic E-state index is 11.6. The Labute approximate surface area is 112 Å². The van der Waals surface area contributed by atoms with Gasteiger partial charge in [-0.05, 0) is 19.8 Å². The molecule has 0 aromatic heterocycles. The lowest BCUT2D eigenvalue weighted by molar-refractivity contribution is -0.148. The zero-order valence-electron chi connectivity index (χ0n) is 11.3. The zero-order chi connectivity index (χ0) is 14.5. The third-order valence-corrected chi connectivity index (χ3v) is 3.67. The van der Waals surface area contributed by atoms with Crippen molar-refractivity contribution in [2.45, 2.75) is 38.6 Å². The van der Waals surface area contributed by atoms with Crippen molar-refractivity contribution in [3.63, 3.8) is 0 Å². The molecule has 0 bridgehead atoms. The maximum atomic E-state index is 11.6. The van der Waals surface area contributed by atoms with Crippen LogP contribution in [0.4, 0.5) is 4.79 Å². The van der Waals surface area contributed by atoms with Gasteiger partial charge in [0.05, 0.1) is 5.41 Å². The molecule has 0 spiro atoms. The predicted octanol–water partition coefficient (Wildman–Crippen LogP) is 0.0651. The van der Waals surface area contributed by atoms with E-state index in [2.05, 4.69) is 16.0 Å². The van der Waals surface area contributed by atoms with E-state index in [-0.39, 0.29) is 24.9 Å². The fraction of sp³-hybridized carbons (Fsp3) is 0.750. The topological polar surface area (TPSA) is 108 Å². The molecule has 0 aliphatic heterocycles. The number of carboxylic acid groups (broad SMARTS) is 1. The highest BCUT2D eigenvalue weighted by Gasteiger charge is 2.45. The summed E-state index contributed by atoms with van der Waals surface area (Å²) in [5, 5.41) is 16.9. The van der Waals surface area contributed by atoms with E-state index in [0.717, 1.165) is 6.42 Å². The number of amides is 3. The number of hydrogen-bond donors (Lipinski definition) is 4. The van der Waals surface area contributed by atoms with Crippen molar-refractivity contribution in [3.05, 3.63) is 0 Å². The molecule has 1 fully saturated rings. The molecule has 2 unspecified atom stereocenters. The molecule has 7 heteroatoms. The minimum Gasteiger partial charge on any atom is -0.481 e. The standard InChI is InChI=1S/C12H21N3O4/c1-12(10(17)18)6-3-4-8(12)15-11(19)14-7-5-9(16)13-2/h8H,3-7H2,1-2H3,(H,13,16)(H,17,18)(H2,14,15,19). The average Bonchev–Trinajstić information content (AvgIpc) is 2.72. The molecule has 0 aromatic rings. The molecule has 3 amide bonds. The highest BCUT2D eigenvalue weighted by atomic mass is 16.4. The van der Waals surface area contributed by atoms with Crippen LogP contribution in [0, 0.1) is 5.41 Å². The predicted molar refractivity (Wildman–Crippen MR) is 68.6 cm³/mol. The molecule has 0 saturated heterocycles. The van der Waals surface area contributed by atoms with Gasteiger partial charge in [-0.15, -0.1) is 0 Å². The lowest BCUT2D eigenvalue weighted by Crippen LogP contribution is -2.50. The number of carbonyl (C=O) groups is 3. The number of carbonyl (C=O) groups excluding carboxylic acids is 2. The molecular formula is C12H21N3O4. The Hall–Kier alpha value is -1.79. The van der Waals surface area contributed by atoms with Gasteiger partial charge in [-0.1, -0.05) is 6.42 Å². The van der Waals surface area contributed by atoms with Crippen LogP contribution in [-0.2, 0) is 9.59 Å².